The second kappa shape index (κ2) is 37.4. The molecule has 3 saturated carbocycles. The van der Waals surface area contributed by atoms with Crippen molar-refractivity contribution in [1.29, 1.82) is 0 Å². The highest BCUT2D eigenvalue weighted by atomic mass is 16.2. The van der Waals surface area contributed by atoms with Crippen LogP contribution in [0.4, 0.5) is 0 Å². The van der Waals surface area contributed by atoms with Crippen LogP contribution in [0.25, 0.3) is 0 Å². The maximum Gasteiger partial charge on any atom is 0.243 e. The Hall–Kier alpha value is -5.56. The summed E-state index contributed by atoms with van der Waals surface area (Å²) in [5.41, 5.74) is 0. The second-order valence-electron chi connectivity index (χ2n) is 23.4. The van der Waals surface area contributed by atoms with Crippen molar-refractivity contribution in [3.63, 3.8) is 0 Å². The SMILES string of the molecule is O=C1CNC(=O)CNC(=O)[C@H](CC2CC/C=C\CCC2)NC(=O)[C@H](CC2CCCCCCC2)NC(=O)CNC(=O)[C@H](CC2CCCCCCCC2)NC(=O)CNC(=O)CNC(=O)[C@H](CC2CCCCCCCCC2)NC(=O)CN1. The number of carbonyl (C=O) groups is 10. The molecule has 1 saturated heterocycles. The Kier molecular flexibility index (Phi) is 30.4. The summed E-state index contributed by atoms with van der Waals surface area (Å²) in [5, 5.41) is 26.9. The molecule has 5 atom stereocenters. The van der Waals surface area contributed by atoms with Gasteiger partial charge in [-0.2, -0.15) is 0 Å². The molecule has 0 aromatic heterocycles. The fourth-order valence-electron chi connectivity index (χ4n) is 12.2. The van der Waals surface area contributed by atoms with E-state index in [-0.39, 0.29) is 23.7 Å². The highest BCUT2D eigenvalue weighted by Gasteiger charge is 2.33. The standard InChI is InChI=1S/C59H98N10O10/c70-50-36-60-51(71)37-64-58(78)48(34-44-28-20-12-6-13-21-29-44)69-59(79)49(35-45-30-22-14-7-15-23-31-45)68-55(75)41-65-57(77)47(33-43-26-18-10-4-5-11-19-27-43)67-54(74)40-62-52(72)38-63-56(76)46(66-53(73)39-61-50)32-42-24-16-8-2-1-3-9-17-25-42/h6,12,42-49H,1-5,7-11,13-41H2,(H,60,71)(H,61,70)(H,62,72)(H,63,76)(H,64,78)(H,65,77)(H,66,73)(H,67,74)(H,68,75)(H,69,79)/b12-6-/t44?,46-,47-,48-,49-/m0/s1. The fraction of sp³-hybridized carbons (Fsp3) is 0.797. The van der Waals surface area contributed by atoms with Gasteiger partial charge in [-0.3, -0.25) is 47.9 Å². The molecular formula is C59H98N10O10. The molecule has 20 heteroatoms. The molecule has 1 unspecified atom stereocenters. The van der Waals surface area contributed by atoms with Gasteiger partial charge in [0.05, 0.1) is 39.3 Å². The first-order valence-electron chi connectivity index (χ1n) is 30.8. The highest BCUT2D eigenvalue weighted by molar-refractivity contribution is 5.96. The Balaban J connectivity index is 1.37. The number of hydrogen-bond acceptors (Lipinski definition) is 10. The molecule has 0 radical (unpaired) electrons. The van der Waals surface area contributed by atoms with Crippen molar-refractivity contribution in [3.05, 3.63) is 12.2 Å². The van der Waals surface area contributed by atoms with E-state index in [2.05, 4.69) is 65.3 Å². The average Bonchev–Trinajstić information content (AvgIpc) is 3.55. The number of nitrogens with one attached hydrogen (secondary N) is 10. The van der Waals surface area contributed by atoms with Crippen LogP contribution in [-0.2, 0) is 47.9 Å². The van der Waals surface area contributed by atoms with Gasteiger partial charge >= 0.3 is 0 Å². The van der Waals surface area contributed by atoms with Crippen molar-refractivity contribution in [2.75, 3.05) is 39.3 Å². The second-order valence-corrected chi connectivity index (χ2v) is 23.4. The summed E-state index contributed by atoms with van der Waals surface area (Å²) in [7, 11) is 0. The molecule has 444 valence electrons. The lowest BCUT2D eigenvalue weighted by atomic mass is 9.86. The zero-order valence-electron chi connectivity index (χ0n) is 47.4. The van der Waals surface area contributed by atoms with Gasteiger partial charge in [0.25, 0.3) is 0 Å². The molecule has 0 aromatic carbocycles. The normalized spacial score (nSPS) is 27.8. The van der Waals surface area contributed by atoms with Crippen LogP contribution in [0.3, 0.4) is 0 Å². The first-order valence-corrected chi connectivity index (χ1v) is 30.8. The first kappa shape index (κ1) is 64.3. The van der Waals surface area contributed by atoms with Gasteiger partial charge in [-0.25, -0.2) is 0 Å². The van der Waals surface area contributed by atoms with Gasteiger partial charge in [0, 0.05) is 0 Å². The summed E-state index contributed by atoms with van der Waals surface area (Å²) in [5.74, 6) is -5.86. The average molecular weight is 1110 g/mol. The van der Waals surface area contributed by atoms with Crippen LogP contribution in [0.15, 0.2) is 12.2 Å². The molecule has 1 aliphatic heterocycles. The van der Waals surface area contributed by atoms with Gasteiger partial charge in [0.2, 0.25) is 59.1 Å². The molecule has 4 aliphatic carbocycles. The minimum atomic E-state index is -1.06. The molecule has 1 heterocycles. The molecule has 20 nitrogen and oxygen atoms in total. The van der Waals surface area contributed by atoms with Crippen LogP contribution in [0.5, 0.6) is 0 Å². The van der Waals surface area contributed by atoms with Gasteiger partial charge in [-0.05, 0) is 75.0 Å². The zero-order valence-corrected chi connectivity index (χ0v) is 47.4. The van der Waals surface area contributed by atoms with Crippen molar-refractivity contribution in [2.24, 2.45) is 23.7 Å². The van der Waals surface area contributed by atoms with E-state index in [1.807, 2.05) is 0 Å². The predicted molar refractivity (Wildman–Crippen MR) is 301 cm³/mol. The van der Waals surface area contributed by atoms with Gasteiger partial charge in [-0.15, -0.1) is 0 Å². The van der Waals surface area contributed by atoms with Gasteiger partial charge in [0.1, 0.15) is 24.2 Å². The molecule has 5 aliphatic rings. The van der Waals surface area contributed by atoms with Crippen LogP contribution in [0, 0.1) is 23.7 Å². The summed E-state index contributed by atoms with van der Waals surface area (Å²) in [6, 6.07) is -4.20. The van der Waals surface area contributed by atoms with E-state index in [9.17, 15) is 47.9 Å². The molecule has 0 spiro atoms. The molecular weight excluding hydrogens is 1010 g/mol. The Morgan fingerprint density at radius 1 is 0.253 bits per heavy atom. The van der Waals surface area contributed by atoms with E-state index < -0.39 is 123 Å². The lowest BCUT2D eigenvalue weighted by Gasteiger charge is -2.29. The fourth-order valence-corrected chi connectivity index (χ4v) is 12.2. The Morgan fingerprint density at radius 2 is 0.506 bits per heavy atom. The van der Waals surface area contributed by atoms with E-state index in [0.717, 1.165) is 180 Å². The zero-order chi connectivity index (χ0) is 56.5. The lowest BCUT2D eigenvalue weighted by molar-refractivity contribution is -0.134. The molecule has 79 heavy (non-hydrogen) atoms. The van der Waals surface area contributed by atoms with Crippen molar-refractivity contribution in [2.45, 2.75) is 236 Å². The monoisotopic (exact) mass is 1110 g/mol. The van der Waals surface area contributed by atoms with E-state index in [0.29, 0.717) is 25.7 Å². The molecule has 5 rings (SSSR count). The molecule has 4 fully saturated rings. The number of rotatable bonds is 8. The van der Waals surface area contributed by atoms with E-state index in [1.54, 1.807) is 0 Å². The van der Waals surface area contributed by atoms with Crippen molar-refractivity contribution >= 4 is 59.1 Å². The first-order chi connectivity index (χ1) is 38.3. The van der Waals surface area contributed by atoms with Crippen LogP contribution < -0.4 is 53.2 Å². The maximum atomic E-state index is 14.6. The third-order valence-electron chi connectivity index (χ3n) is 16.8. The summed E-state index contributed by atoms with van der Waals surface area (Å²) in [6.45, 7) is -3.01. The van der Waals surface area contributed by atoms with Crippen molar-refractivity contribution < 1.29 is 47.9 Å². The van der Waals surface area contributed by atoms with Gasteiger partial charge < -0.3 is 53.2 Å². The van der Waals surface area contributed by atoms with Crippen LogP contribution in [0.1, 0.15) is 212 Å². The number of carbonyl (C=O) groups excluding carboxylic acids is 10. The van der Waals surface area contributed by atoms with Gasteiger partial charge in [0.15, 0.2) is 0 Å². The highest BCUT2D eigenvalue weighted by Crippen LogP contribution is 2.29. The molecule has 10 N–H and O–H groups in total. The quantitative estimate of drug-likeness (QED) is 0.151. The number of hydrogen-bond donors (Lipinski definition) is 10. The molecule has 0 aromatic rings. The third kappa shape index (κ3) is 27.0. The summed E-state index contributed by atoms with van der Waals surface area (Å²) >= 11 is 0. The number of allylic oxidation sites excluding steroid dienone is 2. The lowest BCUT2D eigenvalue weighted by Crippen LogP contribution is -2.57. The largest absolute Gasteiger partial charge is 0.346 e. The van der Waals surface area contributed by atoms with Crippen molar-refractivity contribution in [1.82, 2.24) is 53.2 Å². The predicted octanol–water partition coefficient (Wildman–Crippen LogP) is 4.59. The topological polar surface area (TPSA) is 291 Å². The smallest absolute Gasteiger partial charge is 0.243 e. The van der Waals surface area contributed by atoms with Gasteiger partial charge in [-0.1, -0.05) is 173 Å². The molecule has 10 amide bonds. The van der Waals surface area contributed by atoms with E-state index in [4.69, 9.17) is 0 Å². The summed E-state index contributed by atoms with van der Waals surface area (Å²) in [6.07, 6.45) is 34.2. The number of amides is 10. The minimum absolute atomic E-state index is 0.0734. The van der Waals surface area contributed by atoms with E-state index >= 15 is 0 Å². The van der Waals surface area contributed by atoms with Crippen LogP contribution in [0.2, 0.25) is 0 Å². The molecule has 0 bridgehead atoms. The summed E-state index contributed by atoms with van der Waals surface area (Å²) < 4.78 is 0. The third-order valence-corrected chi connectivity index (χ3v) is 16.8. The Labute approximate surface area is 469 Å². The van der Waals surface area contributed by atoms with Crippen LogP contribution >= 0.6 is 0 Å². The minimum Gasteiger partial charge on any atom is -0.346 e. The van der Waals surface area contributed by atoms with Crippen molar-refractivity contribution in [3.8, 4) is 0 Å². The summed E-state index contributed by atoms with van der Waals surface area (Å²) in [4.78, 5) is 137. The maximum absolute atomic E-state index is 14.6. The Bertz CT molecular complexity index is 1970. The Morgan fingerprint density at radius 3 is 0.873 bits per heavy atom. The van der Waals surface area contributed by atoms with Crippen LogP contribution in [-0.4, -0.2) is 123 Å². The van der Waals surface area contributed by atoms with E-state index in [1.165, 1.54) is 6.42 Å².